The molecule has 0 aromatic heterocycles. The molecule has 3 fully saturated rings. The van der Waals surface area contributed by atoms with Crippen molar-refractivity contribution in [2.75, 3.05) is 0 Å². The normalized spacial score (nSPS) is 31.9. The molecule has 6 atom stereocenters. The lowest BCUT2D eigenvalue weighted by atomic mass is 9.81. The van der Waals surface area contributed by atoms with E-state index in [-0.39, 0.29) is 0 Å². The van der Waals surface area contributed by atoms with Crippen molar-refractivity contribution in [2.45, 2.75) is 59.2 Å². The highest BCUT2D eigenvalue weighted by atomic mass is 32.2. The molecule has 0 radical (unpaired) electrons. The van der Waals surface area contributed by atoms with E-state index in [1.54, 1.807) is 0 Å². The monoisotopic (exact) mass is 472 g/mol. The molecule has 0 N–H and O–H groups in total. The van der Waals surface area contributed by atoms with Crippen LogP contribution < -0.4 is 0 Å². The zero-order valence-corrected chi connectivity index (χ0v) is 20.9. The van der Waals surface area contributed by atoms with Gasteiger partial charge in [-0.1, -0.05) is 48.5 Å². The molecule has 4 heteroatoms. The molecular formula is C26H32S4. The SMILES string of the molecule is SCc1ccc(CSC2CC3C4CC(SCc5ccc(CS)cc5)C(C4)C3C2)cc1. The highest BCUT2D eigenvalue weighted by Gasteiger charge is 2.55. The van der Waals surface area contributed by atoms with Gasteiger partial charge in [-0.2, -0.15) is 48.8 Å². The van der Waals surface area contributed by atoms with Crippen LogP contribution in [0.1, 0.15) is 47.9 Å². The molecule has 3 saturated carbocycles. The van der Waals surface area contributed by atoms with Crippen LogP contribution in [0.15, 0.2) is 48.5 Å². The highest BCUT2D eigenvalue weighted by Crippen LogP contribution is 2.62. The second-order valence-corrected chi connectivity index (χ2v) is 12.6. The average molecular weight is 473 g/mol. The van der Waals surface area contributed by atoms with Gasteiger partial charge in [0.25, 0.3) is 0 Å². The minimum Gasteiger partial charge on any atom is -0.175 e. The Balaban J connectivity index is 1.12. The summed E-state index contributed by atoms with van der Waals surface area (Å²) >= 11 is 13.2. The number of rotatable bonds is 8. The van der Waals surface area contributed by atoms with Gasteiger partial charge in [0, 0.05) is 33.5 Å². The first-order valence-corrected chi connectivity index (χ1v) is 14.7. The van der Waals surface area contributed by atoms with Gasteiger partial charge in [0.15, 0.2) is 0 Å². The van der Waals surface area contributed by atoms with Crippen LogP contribution in [0, 0.1) is 23.7 Å². The molecule has 30 heavy (non-hydrogen) atoms. The first kappa shape index (κ1) is 21.7. The molecule has 2 bridgehead atoms. The molecule has 160 valence electrons. The van der Waals surface area contributed by atoms with Crippen LogP contribution in [0.5, 0.6) is 0 Å². The molecule has 0 saturated heterocycles. The van der Waals surface area contributed by atoms with Gasteiger partial charge >= 0.3 is 0 Å². The first-order valence-electron chi connectivity index (χ1n) is 11.3. The van der Waals surface area contributed by atoms with E-state index < -0.39 is 0 Å². The fourth-order valence-corrected chi connectivity index (χ4v) is 9.49. The van der Waals surface area contributed by atoms with Gasteiger partial charge in [0.05, 0.1) is 0 Å². The fraction of sp³-hybridized carbons (Fsp3) is 0.538. The molecule has 2 aromatic carbocycles. The summed E-state index contributed by atoms with van der Waals surface area (Å²) in [5.41, 5.74) is 5.60. The van der Waals surface area contributed by atoms with E-state index in [2.05, 4.69) is 97.3 Å². The molecule has 0 nitrogen and oxygen atoms in total. The molecule has 0 amide bonds. The predicted molar refractivity (Wildman–Crippen MR) is 141 cm³/mol. The lowest BCUT2D eigenvalue weighted by Crippen LogP contribution is -2.26. The summed E-state index contributed by atoms with van der Waals surface area (Å²) in [4.78, 5) is 0. The van der Waals surface area contributed by atoms with Crippen molar-refractivity contribution in [1.29, 1.82) is 0 Å². The summed E-state index contributed by atoms with van der Waals surface area (Å²) in [6.07, 6.45) is 5.95. The largest absolute Gasteiger partial charge is 0.175 e. The quantitative estimate of drug-likeness (QED) is 0.381. The summed E-state index contributed by atoms with van der Waals surface area (Å²) in [6.45, 7) is 0. The third-order valence-electron chi connectivity index (χ3n) is 7.72. The number of hydrogen-bond acceptors (Lipinski definition) is 4. The molecule has 2 aromatic rings. The van der Waals surface area contributed by atoms with Crippen LogP contribution >= 0.6 is 48.8 Å². The predicted octanol–water partition coefficient (Wildman–Crippen LogP) is 7.52. The van der Waals surface area contributed by atoms with Crippen LogP contribution in [0.2, 0.25) is 0 Å². The number of thiol groups is 2. The van der Waals surface area contributed by atoms with E-state index in [0.717, 1.165) is 45.7 Å². The Morgan fingerprint density at radius 3 is 1.73 bits per heavy atom. The molecule has 0 aliphatic heterocycles. The lowest BCUT2D eigenvalue weighted by molar-refractivity contribution is 0.266. The Hall–Kier alpha value is -0.160. The first-order chi connectivity index (χ1) is 14.7. The lowest BCUT2D eigenvalue weighted by Gasteiger charge is -2.31. The van der Waals surface area contributed by atoms with Crippen molar-refractivity contribution in [3.05, 3.63) is 70.8 Å². The van der Waals surface area contributed by atoms with Crippen LogP contribution in [-0.4, -0.2) is 10.5 Å². The van der Waals surface area contributed by atoms with Crippen molar-refractivity contribution >= 4 is 48.8 Å². The minimum atomic E-state index is 0.836. The number of thioether (sulfide) groups is 2. The van der Waals surface area contributed by atoms with Crippen molar-refractivity contribution in [2.24, 2.45) is 23.7 Å². The molecule has 3 aliphatic carbocycles. The Morgan fingerprint density at radius 2 is 1.13 bits per heavy atom. The van der Waals surface area contributed by atoms with E-state index in [1.807, 2.05) is 0 Å². The fourth-order valence-electron chi connectivity index (χ4n) is 6.18. The number of fused-ring (bicyclic) bond motifs is 5. The van der Waals surface area contributed by atoms with Gasteiger partial charge in [0.1, 0.15) is 0 Å². The maximum atomic E-state index is 4.37. The van der Waals surface area contributed by atoms with Crippen molar-refractivity contribution in [3.8, 4) is 0 Å². The maximum Gasteiger partial charge on any atom is 0.0187 e. The smallest absolute Gasteiger partial charge is 0.0187 e. The molecule has 5 rings (SSSR count). The number of benzene rings is 2. The van der Waals surface area contributed by atoms with Gasteiger partial charge in [-0.3, -0.25) is 0 Å². The number of hydrogen-bond donors (Lipinski definition) is 2. The molecule has 3 aliphatic rings. The summed E-state index contributed by atoms with van der Waals surface area (Å²) in [5, 5.41) is 1.78. The second-order valence-electron chi connectivity index (χ2n) is 9.43. The molecule has 0 heterocycles. The van der Waals surface area contributed by atoms with Crippen molar-refractivity contribution < 1.29 is 0 Å². The Labute approximate surface area is 201 Å². The minimum absolute atomic E-state index is 0.836. The summed E-state index contributed by atoms with van der Waals surface area (Å²) in [7, 11) is 0. The summed E-state index contributed by atoms with van der Waals surface area (Å²) in [5.74, 6) is 8.07. The van der Waals surface area contributed by atoms with Gasteiger partial charge in [-0.05, 0) is 71.6 Å². The third kappa shape index (κ3) is 4.63. The van der Waals surface area contributed by atoms with Crippen LogP contribution in [0.25, 0.3) is 0 Å². The zero-order chi connectivity index (χ0) is 20.5. The zero-order valence-electron chi connectivity index (χ0n) is 17.5. The van der Waals surface area contributed by atoms with Crippen LogP contribution in [0.4, 0.5) is 0 Å². The van der Waals surface area contributed by atoms with Crippen molar-refractivity contribution in [3.63, 3.8) is 0 Å². The highest BCUT2D eigenvalue weighted by molar-refractivity contribution is 7.99. The van der Waals surface area contributed by atoms with E-state index >= 15 is 0 Å². The van der Waals surface area contributed by atoms with E-state index in [1.165, 1.54) is 59.4 Å². The topological polar surface area (TPSA) is 0 Å². The van der Waals surface area contributed by atoms with Crippen molar-refractivity contribution in [1.82, 2.24) is 0 Å². The molecule has 0 spiro atoms. The molecule has 6 unspecified atom stereocenters. The van der Waals surface area contributed by atoms with E-state index in [0.29, 0.717) is 0 Å². The summed E-state index contributed by atoms with van der Waals surface area (Å²) in [6, 6.07) is 18.2. The van der Waals surface area contributed by atoms with E-state index in [9.17, 15) is 0 Å². The summed E-state index contributed by atoms with van der Waals surface area (Å²) < 4.78 is 0. The Kier molecular flexibility index (Phi) is 7.06. The maximum absolute atomic E-state index is 4.37. The van der Waals surface area contributed by atoms with Gasteiger partial charge < -0.3 is 0 Å². The Bertz CT molecular complexity index is 831. The van der Waals surface area contributed by atoms with Gasteiger partial charge in [0.2, 0.25) is 0 Å². The average Bonchev–Trinajstić information content (AvgIpc) is 3.49. The van der Waals surface area contributed by atoms with Crippen LogP contribution in [-0.2, 0) is 23.0 Å². The van der Waals surface area contributed by atoms with Crippen LogP contribution in [0.3, 0.4) is 0 Å². The standard InChI is InChI=1S/C26H32S4/c27-13-17-1-5-19(6-2-17)15-29-22-11-23-21-9-25(24(23)12-22)26(10-21)30-16-20-7-3-18(14-28)4-8-20/h1-8,21-28H,9-16H2. The van der Waals surface area contributed by atoms with Gasteiger partial charge in [-0.15, -0.1) is 0 Å². The van der Waals surface area contributed by atoms with E-state index in [4.69, 9.17) is 0 Å². The molecular weight excluding hydrogens is 441 g/mol. The second kappa shape index (κ2) is 9.77. The van der Waals surface area contributed by atoms with Gasteiger partial charge in [-0.25, -0.2) is 0 Å². The third-order valence-corrected chi connectivity index (χ3v) is 11.3. The Morgan fingerprint density at radius 1 is 0.600 bits per heavy atom.